The molecule has 0 aliphatic carbocycles. The molecular formula is C43H75O9P. The summed E-state index contributed by atoms with van der Waals surface area (Å²) in [5, 5.41) is 10.0. The lowest BCUT2D eigenvalue weighted by atomic mass is 10.1. The van der Waals surface area contributed by atoms with Crippen LogP contribution in [0.15, 0.2) is 60.8 Å². The zero-order valence-corrected chi connectivity index (χ0v) is 34.2. The van der Waals surface area contributed by atoms with Gasteiger partial charge in [-0.15, -0.1) is 0 Å². The highest BCUT2D eigenvalue weighted by atomic mass is 31.2. The fourth-order valence-electron chi connectivity index (χ4n) is 5.44. The lowest BCUT2D eigenvalue weighted by molar-refractivity contribution is -0.161. The number of phosphoric acid groups is 1. The van der Waals surface area contributed by atoms with Crippen LogP contribution in [-0.2, 0) is 28.2 Å². The Kier molecular flexibility index (Phi) is 36.4. The first-order chi connectivity index (χ1) is 25.7. The highest BCUT2D eigenvalue weighted by Crippen LogP contribution is 2.36. The molecule has 3 N–H and O–H groups in total. The van der Waals surface area contributed by atoms with Crippen molar-refractivity contribution in [1.82, 2.24) is 0 Å². The first-order valence-electron chi connectivity index (χ1n) is 20.7. The van der Waals surface area contributed by atoms with Crippen molar-refractivity contribution in [3.63, 3.8) is 0 Å². The summed E-state index contributed by atoms with van der Waals surface area (Å²) in [6.45, 7) is 3.53. The van der Waals surface area contributed by atoms with Crippen LogP contribution < -0.4 is 0 Å². The van der Waals surface area contributed by atoms with Gasteiger partial charge in [0.2, 0.25) is 0 Å². The van der Waals surface area contributed by atoms with E-state index in [1.165, 1.54) is 83.5 Å². The van der Waals surface area contributed by atoms with Crippen molar-refractivity contribution in [3.8, 4) is 0 Å². The van der Waals surface area contributed by atoms with E-state index in [-0.39, 0.29) is 19.4 Å². The molecule has 0 heterocycles. The molecule has 0 aromatic rings. The minimum atomic E-state index is -4.79. The second-order valence-corrected chi connectivity index (χ2v) is 15.0. The van der Waals surface area contributed by atoms with Crippen molar-refractivity contribution in [2.75, 3.05) is 13.2 Å². The number of ether oxygens (including phenoxy) is 2. The Morgan fingerprint density at radius 3 is 1.75 bits per heavy atom. The molecule has 53 heavy (non-hydrogen) atoms. The molecule has 0 aliphatic heterocycles. The van der Waals surface area contributed by atoms with Crippen LogP contribution in [-0.4, -0.2) is 52.3 Å². The first kappa shape index (κ1) is 50.7. The molecule has 0 aromatic carbocycles. The molecule has 0 saturated carbocycles. The van der Waals surface area contributed by atoms with Gasteiger partial charge in [0.05, 0.1) is 12.7 Å². The summed E-state index contributed by atoms with van der Waals surface area (Å²) in [5.74, 6) is -0.999. The van der Waals surface area contributed by atoms with E-state index in [0.29, 0.717) is 32.1 Å². The van der Waals surface area contributed by atoms with Crippen LogP contribution in [0.3, 0.4) is 0 Å². The molecule has 0 aromatic heterocycles. The number of phosphoric ester groups is 1. The van der Waals surface area contributed by atoms with E-state index in [4.69, 9.17) is 19.3 Å². The first-order valence-corrected chi connectivity index (χ1v) is 22.2. The highest BCUT2D eigenvalue weighted by Gasteiger charge is 2.22. The zero-order chi connectivity index (χ0) is 39.1. The quantitative estimate of drug-likeness (QED) is 0.0185. The molecule has 306 valence electrons. The maximum atomic E-state index is 12.4. The van der Waals surface area contributed by atoms with Gasteiger partial charge in [-0.25, -0.2) is 4.57 Å². The number of rotatable bonds is 37. The predicted octanol–water partition coefficient (Wildman–Crippen LogP) is 11.5. The zero-order valence-electron chi connectivity index (χ0n) is 33.3. The van der Waals surface area contributed by atoms with Gasteiger partial charge in [-0.3, -0.25) is 14.1 Å². The third-order valence-electron chi connectivity index (χ3n) is 8.59. The standard InChI is InChI=1S/C43H75O9P/c1-3-5-7-9-11-12-13-14-15-16-17-18-19-20-24-28-32-36-42(45)50-38-41(39-51-53(47,48)49)52-43(46)37-33-29-25-21-23-27-31-35-40(44)34-30-26-22-10-8-6-4-2/h14-15,21-22,25-27,30-31,34,40-41,44H,3-13,16-20,23-24,28-29,32-33,35-39H2,1-2H3,(H2,47,48,49)/b15-14-,25-21+,26-22-,31-27-,34-30-/t40-,41+/m0/s1. The normalized spacial score (nSPS) is 13.7. The number of hydrogen-bond acceptors (Lipinski definition) is 7. The van der Waals surface area contributed by atoms with Gasteiger partial charge in [0.1, 0.15) is 6.61 Å². The molecule has 0 radical (unpaired) electrons. The van der Waals surface area contributed by atoms with Gasteiger partial charge in [-0.1, -0.05) is 152 Å². The fraction of sp³-hybridized carbons (Fsp3) is 0.721. The molecule has 0 bridgehead atoms. The number of esters is 2. The van der Waals surface area contributed by atoms with Crippen LogP contribution in [0.2, 0.25) is 0 Å². The van der Waals surface area contributed by atoms with E-state index in [9.17, 15) is 19.3 Å². The topological polar surface area (TPSA) is 140 Å². The van der Waals surface area contributed by atoms with Gasteiger partial charge in [-0.2, -0.15) is 0 Å². The van der Waals surface area contributed by atoms with Crippen LogP contribution in [0.5, 0.6) is 0 Å². The molecule has 0 amide bonds. The summed E-state index contributed by atoms with van der Waals surface area (Å²) in [7, 11) is -4.79. The number of aliphatic hydroxyl groups is 1. The van der Waals surface area contributed by atoms with Crippen molar-refractivity contribution < 1.29 is 43.0 Å². The van der Waals surface area contributed by atoms with Crippen LogP contribution >= 0.6 is 7.82 Å². The number of allylic oxidation sites excluding steroid dienone is 8. The fourth-order valence-corrected chi connectivity index (χ4v) is 5.80. The van der Waals surface area contributed by atoms with E-state index < -0.39 is 38.6 Å². The molecular weight excluding hydrogens is 691 g/mol. The molecule has 0 fully saturated rings. The van der Waals surface area contributed by atoms with E-state index in [0.717, 1.165) is 32.1 Å². The third-order valence-corrected chi connectivity index (χ3v) is 9.07. The number of carbonyl (C=O) groups is 2. The van der Waals surface area contributed by atoms with Crippen LogP contribution in [0.1, 0.15) is 174 Å². The monoisotopic (exact) mass is 767 g/mol. The van der Waals surface area contributed by atoms with Gasteiger partial charge >= 0.3 is 19.8 Å². The summed E-state index contributed by atoms with van der Waals surface area (Å²) in [6, 6.07) is 0. The lowest BCUT2D eigenvalue weighted by Gasteiger charge is -2.18. The molecule has 10 heteroatoms. The van der Waals surface area contributed by atoms with Gasteiger partial charge < -0.3 is 24.4 Å². The predicted molar refractivity (Wildman–Crippen MR) is 217 cm³/mol. The Bertz CT molecular complexity index is 1060. The second-order valence-electron chi connectivity index (χ2n) is 13.8. The Labute approximate surface area is 322 Å². The summed E-state index contributed by atoms with van der Waals surface area (Å²) < 4.78 is 26.3. The Balaban J connectivity index is 4.10. The summed E-state index contributed by atoms with van der Waals surface area (Å²) >= 11 is 0. The molecule has 0 aliphatic rings. The van der Waals surface area contributed by atoms with Gasteiger partial charge in [-0.05, 0) is 70.6 Å². The second kappa shape index (κ2) is 38.0. The largest absolute Gasteiger partial charge is 0.469 e. The van der Waals surface area contributed by atoms with Crippen LogP contribution in [0, 0.1) is 0 Å². The minimum Gasteiger partial charge on any atom is -0.462 e. The molecule has 0 saturated heterocycles. The van der Waals surface area contributed by atoms with E-state index in [2.05, 4.69) is 36.6 Å². The molecule has 9 nitrogen and oxygen atoms in total. The van der Waals surface area contributed by atoms with Crippen LogP contribution in [0.25, 0.3) is 0 Å². The molecule has 0 unspecified atom stereocenters. The van der Waals surface area contributed by atoms with Crippen molar-refractivity contribution in [3.05, 3.63) is 60.8 Å². The third kappa shape index (κ3) is 40.7. The number of aliphatic hydroxyl groups excluding tert-OH is 1. The Morgan fingerprint density at radius 2 is 1.09 bits per heavy atom. The van der Waals surface area contributed by atoms with E-state index in [1.54, 1.807) is 6.08 Å². The number of hydrogen-bond donors (Lipinski definition) is 3. The molecule has 0 rings (SSSR count). The van der Waals surface area contributed by atoms with E-state index in [1.807, 2.05) is 36.5 Å². The number of carbonyl (C=O) groups excluding carboxylic acids is 2. The maximum Gasteiger partial charge on any atom is 0.469 e. The maximum absolute atomic E-state index is 12.4. The van der Waals surface area contributed by atoms with Crippen molar-refractivity contribution in [2.45, 2.75) is 187 Å². The minimum absolute atomic E-state index is 0.0993. The lowest BCUT2D eigenvalue weighted by Crippen LogP contribution is -2.29. The Hall–Kier alpha value is -2.29. The smallest absolute Gasteiger partial charge is 0.462 e. The summed E-state index contributed by atoms with van der Waals surface area (Å²) in [5.41, 5.74) is 0. The number of unbranched alkanes of at least 4 members (excludes halogenated alkanes) is 17. The van der Waals surface area contributed by atoms with Crippen LogP contribution in [0.4, 0.5) is 0 Å². The average molecular weight is 767 g/mol. The summed E-state index contributed by atoms with van der Waals surface area (Å²) in [4.78, 5) is 42.8. The molecule has 2 atom stereocenters. The van der Waals surface area contributed by atoms with Gasteiger partial charge in [0.15, 0.2) is 6.10 Å². The van der Waals surface area contributed by atoms with Gasteiger partial charge in [0, 0.05) is 12.8 Å². The summed E-state index contributed by atoms with van der Waals surface area (Å²) in [6.07, 6.45) is 44.0. The van der Waals surface area contributed by atoms with Crippen molar-refractivity contribution in [1.29, 1.82) is 0 Å². The average Bonchev–Trinajstić information content (AvgIpc) is 3.12. The SMILES string of the molecule is CCCCC/C=C\C=C/[C@H](O)C/C=C\C/C=C/CCCC(=O)O[C@H](COC(=O)CCCCCCCCC/C=C\CCCCCCCC)COP(=O)(O)O. The molecule has 0 spiro atoms. The van der Waals surface area contributed by atoms with Crippen molar-refractivity contribution >= 4 is 19.8 Å². The van der Waals surface area contributed by atoms with Crippen molar-refractivity contribution in [2.24, 2.45) is 0 Å². The Morgan fingerprint density at radius 1 is 0.585 bits per heavy atom. The van der Waals surface area contributed by atoms with E-state index >= 15 is 0 Å². The highest BCUT2D eigenvalue weighted by molar-refractivity contribution is 7.46. The van der Waals surface area contributed by atoms with Gasteiger partial charge in [0.25, 0.3) is 0 Å².